The molecule has 2 atom stereocenters. The van der Waals surface area contributed by atoms with E-state index in [1.54, 1.807) is 26.2 Å². The fourth-order valence-corrected chi connectivity index (χ4v) is 3.29. The van der Waals surface area contributed by atoms with Crippen molar-refractivity contribution in [3.8, 4) is 0 Å². The molecule has 1 amide bonds. The fourth-order valence-electron chi connectivity index (χ4n) is 2.58. The van der Waals surface area contributed by atoms with Crippen molar-refractivity contribution in [3.63, 3.8) is 0 Å². The Kier molecular flexibility index (Phi) is 4.50. The minimum atomic E-state index is -0.965. The first kappa shape index (κ1) is 16.4. The number of nitrogens with one attached hydrogen (secondary N) is 1. The number of carboxylic acids is 1. The Morgan fingerprint density at radius 3 is 2.64 bits per heavy atom. The van der Waals surface area contributed by atoms with Crippen LogP contribution in [0.2, 0.25) is 0 Å². The first-order chi connectivity index (χ1) is 10.3. The van der Waals surface area contributed by atoms with Crippen LogP contribution in [0.3, 0.4) is 0 Å². The van der Waals surface area contributed by atoms with Crippen LogP contribution in [-0.4, -0.2) is 34.5 Å². The van der Waals surface area contributed by atoms with Crippen LogP contribution in [0, 0.1) is 17.3 Å². The van der Waals surface area contributed by atoms with Crippen LogP contribution >= 0.6 is 11.3 Å². The van der Waals surface area contributed by atoms with Crippen molar-refractivity contribution in [2.75, 3.05) is 11.9 Å². The molecule has 1 aliphatic rings. The molecule has 0 aliphatic heterocycles. The summed E-state index contributed by atoms with van der Waals surface area (Å²) in [6.45, 7) is 5.54. The number of ether oxygens (including phenoxy) is 1. The summed E-state index contributed by atoms with van der Waals surface area (Å²) in [7, 11) is 0. The molecule has 0 aromatic carbocycles. The van der Waals surface area contributed by atoms with Crippen LogP contribution in [0.5, 0.6) is 0 Å². The van der Waals surface area contributed by atoms with Crippen LogP contribution in [-0.2, 0) is 25.5 Å². The topological polar surface area (TPSA) is 106 Å². The lowest BCUT2D eigenvalue weighted by atomic mass is 10.1. The number of aliphatic carboxylic acids is 1. The molecule has 1 heterocycles. The Balaban J connectivity index is 1.95. The molecule has 1 saturated carbocycles. The third-order valence-corrected chi connectivity index (χ3v) is 4.60. The van der Waals surface area contributed by atoms with Crippen LogP contribution < -0.4 is 5.32 Å². The molecule has 7 nitrogen and oxygen atoms in total. The van der Waals surface area contributed by atoms with E-state index in [-0.39, 0.29) is 18.3 Å². The van der Waals surface area contributed by atoms with E-state index in [1.807, 2.05) is 0 Å². The number of carbonyl (C=O) groups excluding carboxylic acids is 2. The summed E-state index contributed by atoms with van der Waals surface area (Å²) in [6.07, 6.45) is 0.0485. The molecule has 1 fully saturated rings. The second kappa shape index (κ2) is 6.04. The Morgan fingerprint density at radius 1 is 1.41 bits per heavy atom. The largest absolute Gasteiger partial charge is 0.481 e. The molecule has 2 rings (SSSR count). The van der Waals surface area contributed by atoms with Gasteiger partial charge in [-0.15, -0.1) is 11.3 Å². The second-order valence-electron chi connectivity index (χ2n) is 5.73. The zero-order valence-electron chi connectivity index (χ0n) is 12.6. The van der Waals surface area contributed by atoms with Gasteiger partial charge in [-0.25, -0.2) is 4.98 Å². The molecular formula is C14H18N2O5S. The smallest absolute Gasteiger partial charge is 0.311 e. The van der Waals surface area contributed by atoms with Crippen LogP contribution in [0.1, 0.15) is 26.5 Å². The third kappa shape index (κ3) is 3.27. The molecule has 0 radical (unpaired) electrons. The summed E-state index contributed by atoms with van der Waals surface area (Å²) >= 11 is 1.19. The van der Waals surface area contributed by atoms with E-state index in [0.717, 1.165) is 0 Å². The van der Waals surface area contributed by atoms with Crippen LogP contribution in [0.15, 0.2) is 5.38 Å². The number of hydrogen-bond acceptors (Lipinski definition) is 6. The molecular weight excluding hydrogens is 308 g/mol. The number of nitrogens with zero attached hydrogens (tertiary/aromatic N) is 1. The number of aromatic nitrogens is 1. The fraction of sp³-hybridized carbons (Fsp3) is 0.571. The maximum Gasteiger partial charge on any atom is 0.311 e. The molecule has 1 aliphatic carbocycles. The average molecular weight is 326 g/mol. The summed E-state index contributed by atoms with van der Waals surface area (Å²) in [5, 5.41) is 13.7. The summed E-state index contributed by atoms with van der Waals surface area (Å²) in [5.74, 6) is -2.93. The first-order valence-corrected chi connectivity index (χ1v) is 7.79. The molecule has 2 N–H and O–H groups in total. The maximum atomic E-state index is 12.1. The van der Waals surface area contributed by atoms with Crippen molar-refractivity contribution in [3.05, 3.63) is 11.1 Å². The molecule has 120 valence electrons. The van der Waals surface area contributed by atoms with E-state index in [1.165, 1.54) is 11.3 Å². The molecule has 0 spiro atoms. The minimum Gasteiger partial charge on any atom is -0.481 e. The van der Waals surface area contributed by atoms with Crippen molar-refractivity contribution in [1.82, 2.24) is 4.98 Å². The summed E-state index contributed by atoms with van der Waals surface area (Å²) in [5.41, 5.74) is -0.0374. The number of esters is 1. The first-order valence-electron chi connectivity index (χ1n) is 6.91. The van der Waals surface area contributed by atoms with Crippen LogP contribution in [0.4, 0.5) is 5.13 Å². The van der Waals surface area contributed by atoms with Crippen molar-refractivity contribution in [2.45, 2.75) is 27.2 Å². The molecule has 22 heavy (non-hydrogen) atoms. The van der Waals surface area contributed by atoms with Crippen molar-refractivity contribution >= 4 is 34.3 Å². The van der Waals surface area contributed by atoms with Crippen LogP contribution in [0.25, 0.3) is 0 Å². The number of hydrogen-bond donors (Lipinski definition) is 2. The number of rotatable bonds is 6. The van der Waals surface area contributed by atoms with Gasteiger partial charge in [-0.3, -0.25) is 14.4 Å². The quantitative estimate of drug-likeness (QED) is 0.768. The highest BCUT2D eigenvalue weighted by molar-refractivity contribution is 7.13. The Labute approximate surface area is 131 Å². The predicted molar refractivity (Wildman–Crippen MR) is 79.5 cm³/mol. The van der Waals surface area contributed by atoms with E-state index >= 15 is 0 Å². The van der Waals surface area contributed by atoms with Crippen molar-refractivity contribution < 1.29 is 24.2 Å². The van der Waals surface area contributed by atoms with Gasteiger partial charge in [0.1, 0.15) is 0 Å². The molecule has 1 aromatic rings. The van der Waals surface area contributed by atoms with Gasteiger partial charge in [0.2, 0.25) is 5.91 Å². The number of thiazole rings is 1. The lowest BCUT2D eigenvalue weighted by Crippen LogP contribution is -2.17. The summed E-state index contributed by atoms with van der Waals surface area (Å²) in [6, 6.07) is 0. The number of carboxylic acid groups (broad SMARTS) is 1. The zero-order valence-corrected chi connectivity index (χ0v) is 13.4. The standard InChI is InChI=1S/C14H18N2O5S/c1-4-21-8(17)5-7-6-22-13(15-7)16-11(18)9-10(12(19)20)14(9,2)3/h6,9-10H,4-5H2,1-3H3,(H,19,20)(H,15,16,18)/t9-,10-/m0/s1. The van der Waals surface area contributed by atoms with Gasteiger partial charge in [-0.1, -0.05) is 13.8 Å². The molecule has 8 heteroatoms. The Morgan fingerprint density at radius 2 is 2.09 bits per heavy atom. The molecule has 0 bridgehead atoms. The average Bonchev–Trinajstić information content (AvgIpc) is 2.74. The number of anilines is 1. The number of amides is 1. The Hall–Kier alpha value is -1.96. The van der Waals surface area contributed by atoms with Crippen molar-refractivity contribution in [1.29, 1.82) is 0 Å². The van der Waals surface area contributed by atoms with Gasteiger partial charge in [-0.05, 0) is 12.3 Å². The Bertz CT molecular complexity index is 610. The monoisotopic (exact) mass is 326 g/mol. The highest BCUT2D eigenvalue weighted by atomic mass is 32.1. The van der Waals surface area contributed by atoms with E-state index in [2.05, 4.69) is 10.3 Å². The summed E-state index contributed by atoms with van der Waals surface area (Å²) < 4.78 is 4.83. The predicted octanol–water partition coefficient (Wildman–Crippen LogP) is 1.54. The number of carbonyl (C=O) groups is 3. The van der Waals surface area contributed by atoms with E-state index in [9.17, 15) is 14.4 Å². The van der Waals surface area contributed by atoms with Gasteiger partial charge in [0.05, 0.1) is 30.6 Å². The normalized spacial score (nSPS) is 22.0. The van der Waals surface area contributed by atoms with E-state index in [4.69, 9.17) is 9.84 Å². The van der Waals surface area contributed by atoms with E-state index in [0.29, 0.717) is 17.4 Å². The van der Waals surface area contributed by atoms with Gasteiger partial charge in [0, 0.05) is 5.38 Å². The zero-order chi connectivity index (χ0) is 16.5. The van der Waals surface area contributed by atoms with Gasteiger partial charge in [0.25, 0.3) is 0 Å². The van der Waals surface area contributed by atoms with Gasteiger partial charge >= 0.3 is 11.9 Å². The molecule has 0 unspecified atom stereocenters. The molecule has 0 saturated heterocycles. The highest BCUT2D eigenvalue weighted by Crippen LogP contribution is 2.58. The van der Waals surface area contributed by atoms with Gasteiger partial charge < -0.3 is 15.2 Å². The van der Waals surface area contributed by atoms with E-state index < -0.39 is 23.2 Å². The summed E-state index contributed by atoms with van der Waals surface area (Å²) in [4.78, 5) is 38.7. The van der Waals surface area contributed by atoms with Gasteiger partial charge in [-0.2, -0.15) is 0 Å². The lowest BCUT2D eigenvalue weighted by molar-refractivity contribution is -0.142. The van der Waals surface area contributed by atoms with Crippen molar-refractivity contribution in [2.24, 2.45) is 17.3 Å². The lowest BCUT2D eigenvalue weighted by Gasteiger charge is -2.02. The van der Waals surface area contributed by atoms with Gasteiger partial charge in [0.15, 0.2) is 5.13 Å². The minimum absolute atomic E-state index is 0.0485. The molecule has 1 aromatic heterocycles. The highest BCUT2D eigenvalue weighted by Gasteiger charge is 2.65. The third-order valence-electron chi connectivity index (χ3n) is 3.79. The SMILES string of the molecule is CCOC(=O)Cc1csc(NC(=O)[C@@H]2[C@@H](C(=O)O)C2(C)C)n1. The second-order valence-corrected chi connectivity index (χ2v) is 6.59. The maximum absolute atomic E-state index is 12.1.